The molecule has 3 heteroatoms. The Balaban J connectivity index is 1.98. The summed E-state index contributed by atoms with van der Waals surface area (Å²) < 4.78 is 18.9. The van der Waals surface area contributed by atoms with Gasteiger partial charge in [-0.15, -0.1) is 0 Å². The lowest BCUT2D eigenvalue weighted by Crippen LogP contribution is -2.07. The van der Waals surface area contributed by atoms with Gasteiger partial charge in [-0.3, -0.25) is 0 Å². The van der Waals surface area contributed by atoms with Crippen molar-refractivity contribution in [2.45, 2.75) is 19.4 Å². The summed E-state index contributed by atoms with van der Waals surface area (Å²) in [6.45, 7) is 2.06. The first-order valence-corrected chi connectivity index (χ1v) is 6.72. The number of furan rings is 1. The van der Waals surface area contributed by atoms with E-state index in [2.05, 4.69) is 6.92 Å². The van der Waals surface area contributed by atoms with Crippen LogP contribution in [0.2, 0.25) is 0 Å². The van der Waals surface area contributed by atoms with Crippen LogP contribution in [0.1, 0.15) is 24.9 Å². The Morgan fingerprint density at radius 1 is 1.10 bits per heavy atom. The molecule has 1 atom stereocenters. The lowest BCUT2D eigenvalue weighted by atomic mass is 10.0. The largest absolute Gasteiger partial charge is 0.456 e. The second-order valence-electron chi connectivity index (χ2n) is 4.93. The zero-order chi connectivity index (χ0) is 14.1. The van der Waals surface area contributed by atoms with E-state index in [4.69, 9.17) is 10.2 Å². The summed E-state index contributed by atoms with van der Waals surface area (Å²) in [4.78, 5) is 0. The highest BCUT2D eigenvalue weighted by atomic mass is 19.1. The van der Waals surface area contributed by atoms with Crippen LogP contribution in [0.25, 0.3) is 22.3 Å². The van der Waals surface area contributed by atoms with Crippen molar-refractivity contribution in [3.05, 3.63) is 59.9 Å². The number of nitrogens with two attached hydrogens (primary N) is 1. The molecule has 0 aliphatic rings. The van der Waals surface area contributed by atoms with Crippen LogP contribution in [0, 0.1) is 5.82 Å². The third kappa shape index (κ3) is 2.32. The standard InChI is InChI=1S/C17H16FNO/c1-2-15(19)11-3-5-12(6-4-11)17-10-13-9-14(18)7-8-16(13)20-17/h3-10,15H,2,19H2,1H3. The van der Waals surface area contributed by atoms with Crippen molar-refractivity contribution in [3.63, 3.8) is 0 Å². The molecule has 2 aromatic carbocycles. The Labute approximate surface area is 117 Å². The average Bonchev–Trinajstić information content (AvgIpc) is 2.89. The van der Waals surface area contributed by atoms with E-state index in [9.17, 15) is 4.39 Å². The first kappa shape index (κ1) is 12.9. The van der Waals surface area contributed by atoms with E-state index in [1.54, 1.807) is 6.07 Å². The minimum Gasteiger partial charge on any atom is -0.456 e. The molecule has 0 saturated heterocycles. The zero-order valence-electron chi connectivity index (χ0n) is 11.3. The van der Waals surface area contributed by atoms with Gasteiger partial charge in [-0.2, -0.15) is 0 Å². The molecule has 1 unspecified atom stereocenters. The minimum absolute atomic E-state index is 0.0637. The fourth-order valence-electron chi connectivity index (χ4n) is 2.29. The van der Waals surface area contributed by atoms with Gasteiger partial charge in [-0.05, 0) is 36.2 Å². The van der Waals surface area contributed by atoms with Crippen molar-refractivity contribution in [1.82, 2.24) is 0 Å². The van der Waals surface area contributed by atoms with Gasteiger partial charge in [0, 0.05) is 17.0 Å². The maximum Gasteiger partial charge on any atom is 0.135 e. The van der Waals surface area contributed by atoms with E-state index < -0.39 is 0 Å². The summed E-state index contributed by atoms with van der Waals surface area (Å²) in [6.07, 6.45) is 0.906. The highest BCUT2D eigenvalue weighted by Crippen LogP contribution is 2.29. The van der Waals surface area contributed by atoms with Gasteiger partial charge in [0.1, 0.15) is 17.2 Å². The van der Waals surface area contributed by atoms with Crippen LogP contribution in [-0.2, 0) is 0 Å². The summed E-state index contributed by atoms with van der Waals surface area (Å²) in [5, 5.41) is 0.773. The summed E-state index contributed by atoms with van der Waals surface area (Å²) >= 11 is 0. The van der Waals surface area contributed by atoms with Crippen LogP contribution in [0.5, 0.6) is 0 Å². The topological polar surface area (TPSA) is 39.2 Å². The quantitative estimate of drug-likeness (QED) is 0.751. The Morgan fingerprint density at radius 2 is 1.85 bits per heavy atom. The van der Waals surface area contributed by atoms with Crippen LogP contribution in [0.3, 0.4) is 0 Å². The lowest BCUT2D eigenvalue weighted by molar-refractivity contribution is 0.619. The summed E-state index contributed by atoms with van der Waals surface area (Å²) in [6, 6.07) is 14.4. The second kappa shape index (κ2) is 5.10. The molecule has 0 bridgehead atoms. The number of fused-ring (bicyclic) bond motifs is 1. The average molecular weight is 269 g/mol. The van der Waals surface area contributed by atoms with Gasteiger partial charge in [-0.1, -0.05) is 31.2 Å². The van der Waals surface area contributed by atoms with Crippen molar-refractivity contribution in [2.24, 2.45) is 5.73 Å². The van der Waals surface area contributed by atoms with Gasteiger partial charge >= 0.3 is 0 Å². The Hall–Kier alpha value is -2.13. The van der Waals surface area contributed by atoms with Gasteiger partial charge in [0.15, 0.2) is 0 Å². The van der Waals surface area contributed by atoms with Gasteiger partial charge in [0.2, 0.25) is 0 Å². The normalized spacial score (nSPS) is 12.8. The van der Waals surface area contributed by atoms with Crippen molar-refractivity contribution in [3.8, 4) is 11.3 Å². The van der Waals surface area contributed by atoms with Crippen LogP contribution < -0.4 is 5.73 Å². The first-order chi connectivity index (χ1) is 9.67. The van der Waals surface area contributed by atoms with Gasteiger partial charge in [-0.25, -0.2) is 4.39 Å². The van der Waals surface area contributed by atoms with Gasteiger partial charge in [0.25, 0.3) is 0 Å². The molecule has 102 valence electrons. The molecule has 3 rings (SSSR count). The van der Waals surface area contributed by atoms with E-state index in [-0.39, 0.29) is 11.9 Å². The third-order valence-corrected chi connectivity index (χ3v) is 3.54. The molecule has 1 heterocycles. The van der Waals surface area contributed by atoms with E-state index >= 15 is 0 Å². The predicted molar refractivity (Wildman–Crippen MR) is 78.8 cm³/mol. The molecule has 0 radical (unpaired) electrons. The smallest absolute Gasteiger partial charge is 0.135 e. The van der Waals surface area contributed by atoms with E-state index in [0.717, 1.165) is 28.7 Å². The van der Waals surface area contributed by atoms with Crippen LogP contribution in [0.4, 0.5) is 4.39 Å². The number of rotatable bonds is 3. The van der Waals surface area contributed by atoms with Crippen molar-refractivity contribution >= 4 is 11.0 Å². The second-order valence-corrected chi connectivity index (χ2v) is 4.93. The fraction of sp³-hybridized carbons (Fsp3) is 0.176. The maximum atomic E-state index is 13.2. The Kier molecular flexibility index (Phi) is 3.28. The summed E-state index contributed by atoms with van der Waals surface area (Å²) in [5.74, 6) is 0.483. The molecule has 3 aromatic rings. The van der Waals surface area contributed by atoms with Crippen LogP contribution in [0.15, 0.2) is 52.9 Å². The minimum atomic E-state index is -0.255. The van der Waals surface area contributed by atoms with Crippen LogP contribution in [-0.4, -0.2) is 0 Å². The van der Waals surface area contributed by atoms with Gasteiger partial charge < -0.3 is 10.2 Å². The summed E-state index contributed by atoms with van der Waals surface area (Å²) in [7, 11) is 0. The van der Waals surface area contributed by atoms with E-state index in [0.29, 0.717) is 5.58 Å². The van der Waals surface area contributed by atoms with Gasteiger partial charge in [0.05, 0.1) is 0 Å². The molecular formula is C17H16FNO. The predicted octanol–water partition coefficient (Wildman–Crippen LogP) is 4.65. The number of hydrogen-bond donors (Lipinski definition) is 1. The van der Waals surface area contributed by atoms with E-state index in [1.807, 2.05) is 30.3 Å². The molecule has 0 aliphatic carbocycles. The lowest BCUT2D eigenvalue weighted by Gasteiger charge is -2.09. The fourth-order valence-corrected chi connectivity index (χ4v) is 2.29. The Bertz CT molecular complexity index is 730. The van der Waals surface area contributed by atoms with Crippen LogP contribution >= 0.6 is 0 Å². The number of halogens is 1. The SMILES string of the molecule is CCC(N)c1ccc(-c2cc3cc(F)ccc3o2)cc1. The molecule has 0 spiro atoms. The van der Waals surface area contributed by atoms with E-state index in [1.165, 1.54) is 12.1 Å². The molecule has 0 aliphatic heterocycles. The monoisotopic (exact) mass is 269 g/mol. The van der Waals surface area contributed by atoms with Crippen molar-refractivity contribution in [2.75, 3.05) is 0 Å². The Morgan fingerprint density at radius 3 is 2.55 bits per heavy atom. The molecule has 2 N–H and O–H groups in total. The first-order valence-electron chi connectivity index (χ1n) is 6.72. The third-order valence-electron chi connectivity index (χ3n) is 3.54. The molecule has 20 heavy (non-hydrogen) atoms. The molecular weight excluding hydrogens is 253 g/mol. The number of hydrogen-bond acceptors (Lipinski definition) is 2. The molecule has 1 aromatic heterocycles. The molecule has 0 amide bonds. The highest BCUT2D eigenvalue weighted by Gasteiger charge is 2.08. The molecule has 0 fully saturated rings. The summed E-state index contributed by atoms with van der Waals surface area (Å²) in [5.41, 5.74) is 8.76. The molecule has 0 saturated carbocycles. The van der Waals surface area contributed by atoms with Crippen molar-refractivity contribution in [1.29, 1.82) is 0 Å². The molecule has 2 nitrogen and oxygen atoms in total. The van der Waals surface area contributed by atoms with Crippen molar-refractivity contribution < 1.29 is 8.81 Å². The maximum absolute atomic E-state index is 13.2. The highest BCUT2D eigenvalue weighted by molar-refractivity contribution is 5.82. The number of benzene rings is 2. The zero-order valence-corrected chi connectivity index (χ0v) is 11.3.